The van der Waals surface area contributed by atoms with Crippen molar-refractivity contribution < 1.29 is 27.4 Å². The van der Waals surface area contributed by atoms with E-state index in [1.54, 1.807) is 17.5 Å². The number of fused-ring (bicyclic) bond motifs is 1. The van der Waals surface area contributed by atoms with Crippen molar-refractivity contribution in [3.05, 3.63) is 51.6 Å². The van der Waals surface area contributed by atoms with E-state index in [1.165, 1.54) is 31.3 Å². The molecule has 3 aromatic rings. The summed E-state index contributed by atoms with van der Waals surface area (Å²) < 4.78 is 49.6. The fourth-order valence-corrected chi connectivity index (χ4v) is 3.71. The zero-order chi connectivity index (χ0) is 19.8. The van der Waals surface area contributed by atoms with Crippen LogP contribution in [0.3, 0.4) is 0 Å². The van der Waals surface area contributed by atoms with Crippen LogP contribution in [0.15, 0.2) is 29.6 Å². The van der Waals surface area contributed by atoms with Gasteiger partial charge in [-0.2, -0.15) is 13.2 Å². The van der Waals surface area contributed by atoms with Crippen LogP contribution >= 0.6 is 22.9 Å². The highest BCUT2D eigenvalue weighted by Gasteiger charge is 2.32. The van der Waals surface area contributed by atoms with Gasteiger partial charge in [0, 0.05) is 28.3 Å². The molecule has 2 aromatic heterocycles. The number of nitrogens with zero attached hydrogens (tertiary/aromatic N) is 1. The molecular weight excluding hydrogens is 403 g/mol. The second-order valence-corrected chi connectivity index (χ2v) is 7.02. The van der Waals surface area contributed by atoms with Crippen LogP contribution < -0.4 is 9.47 Å². The van der Waals surface area contributed by atoms with Crippen molar-refractivity contribution in [3.63, 3.8) is 0 Å². The van der Waals surface area contributed by atoms with E-state index in [0.717, 1.165) is 10.8 Å². The van der Waals surface area contributed by atoms with Crippen LogP contribution in [0.2, 0.25) is 5.02 Å². The van der Waals surface area contributed by atoms with Gasteiger partial charge in [0.05, 0.1) is 10.4 Å². The Kier molecular flexibility index (Phi) is 5.30. The highest BCUT2D eigenvalue weighted by molar-refractivity contribution is 7.17. The van der Waals surface area contributed by atoms with Crippen LogP contribution in [0.5, 0.6) is 11.5 Å². The molecule has 0 unspecified atom stereocenters. The normalized spacial score (nSPS) is 11.6. The third kappa shape index (κ3) is 4.33. The number of carbonyl (C=O) groups is 1. The van der Waals surface area contributed by atoms with E-state index in [2.05, 4.69) is 4.98 Å². The molecule has 0 amide bonds. The van der Waals surface area contributed by atoms with Crippen LogP contribution in [-0.2, 0) is 17.6 Å². The lowest BCUT2D eigenvalue weighted by Crippen LogP contribution is -2.10. The lowest BCUT2D eigenvalue weighted by Gasteiger charge is -2.12. The van der Waals surface area contributed by atoms with Gasteiger partial charge in [-0.1, -0.05) is 17.7 Å². The minimum absolute atomic E-state index is 0.0426. The number of alkyl halides is 3. The number of esters is 1. The standard InChI is InChI=1S/C18H13ClF3NO3S/c1-9-11(3-4-16(23-9)18(20,21)22)7-25-12-5-13(19)17-14(26-10(2)24)8-27-15(17)6-12/h3-6,8H,7H2,1-2H3. The Morgan fingerprint density at radius 2 is 2.04 bits per heavy atom. The Bertz CT molecular complexity index is 1020. The van der Waals surface area contributed by atoms with Crippen molar-refractivity contribution in [3.8, 4) is 11.5 Å². The maximum Gasteiger partial charge on any atom is 0.433 e. The number of pyridine rings is 1. The van der Waals surface area contributed by atoms with Gasteiger partial charge < -0.3 is 9.47 Å². The maximum absolute atomic E-state index is 12.7. The van der Waals surface area contributed by atoms with Crippen LogP contribution in [0.1, 0.15) is 23.9 Å². The molecule has 3 rings (SSSR count). The molecule has 0 N–H and O–H groups in total. The van der Waals surface area contributed by atoms with Crippen molar-refractivity contribution in [2.45, 2.75) is 26.6 Å². The van der Waals surface area contributed by atoms with Crippen molar-refractivity contribution in [2.24, 2.45) is 0 Å². The van der Waals surface area contributed by atoms with Crippen LogP contribution in [0.25, 0.3) is 10.1 Å². The van der Waals surface area contributed by atoms with Crippen LogP contribution in [0, 0.1) is 6.92 Å². The van der Waals surface area contributed by atoms with Gasteiger partial charge in [0.1, 0.15) is 18.1 Å². The summed E-state index contributed by atoms with van der Waals surface area (Å²) in [6.45, 7) is 2.84. The van der Waals surface area contributed by atoms with Crippen molar-refractivity contribution in [2.75, 3.05) is 0 Å². The minimum atomic E-state index is -4.48. The van der Waals surface area contributed by atoms with E-state index in [-0.39, 0.29) is 12.3 Å². The average molecular weight is 416 g/mol. The van der Waals surface area contributed by atoms with E-state index >= 15 is 0 Å². The Hall–Kier alpha value is -2.32. The smallest absolute Gasteiger partial charge is 0.433 e. The molecule has 0 aliphatic carbocycles. The number of ether oxygens (including phenoxy) is 2. The van der Waals surface area contributed by atoms with Gasteiger partial charge >= 0.3 is 12.1 Å². The lowest BCUT2D eigenvalue weighted by atomic mass is 10.2. The summed E-state index contributed by atoms with van der Waals surface area (Å²) in [5, 5.41) is 2.63. The molecule has 2 heterocycles. The molecule has 0 atom stereocenters. The Balaban J connectivity index is 1.81. The van der Waals surface area contributed by atoms with Gasteiger partial charge in [-0.25, -0.2) is 4.98 Å². The summed E-state index contributed by atoms with van der Waals surface area (Å²) in [4.78, 5) is 14.7. The second kappa shape index (κ2) is 7.36. The third-order valence-electron chi connectivity index (χ3n) is 3.70. The zero-order valence-corrected chi connectivity index (χ0v) is 15.8. The molecule has 0 aliphatic rings. The van der Waals surface area contributed by atoms with Crippen molar-refractivity contribution >= 4 is 39.0 Å². The molecule has 27 heavy (non-hydrogen) atoms. The lowest BCUT2D eigenvalue weighted by molar-refractivity contribution is -0.141. The molecule has 9 heteroatoms. The minimum Gasteiger partial charge on any atom is -0.489 e. The third-order valence-corrected chi connectivity index (χ3v) is 4.91. The SMILES string of the molecule is CC(=O)Oc1csc2cc(OCc3ccc(C(F)(F)F)nc3C)cc(Cl)c12. The zero-order valence-electron chi connectivity index (χ0n) is 14.2. The molecule has 0 radical (unpaired) electrons. The van der Waals surface area contributed by atoms with Crippen molar-refractivity contribution in [1.29, 1.82) is 0 Å². The number of carbonyl (C=O) groups excluding carboxylic acids is 1. The summed E-state index contributed by atoms with van der Waals surface area (Å²) in [7, 11) is 0. The summed E-state index contributed by atoms with van der Waals surface area (Å²) in [6, 6.07) is 5.56. The number of halogens is 4. The van der Waals surface area contributed by atoms with Crippen LogP contribution in [0.4, 0.5) is 13.2 Å². The van der Waals surface area contributed by atoms with E-state index in [1.807, 2.05) is 0 Å². The molecule has 4 nitrogen and oxygen atoms in total. The number of hydrogen-bond donors (Lipinski definition) is 0. The largest absolute Gasteiger partial charge is 0.489 e. The average Bonchev–Trinajstić information content (AvgIpc) is 2.95. The molecule has 0 spiro atoms. The number of aromatic nitrogens is 1. The summed E-state index contributed by atoms with van der Waals surface area (Å²) in [6.07, 6.45) is -4.48. The highest BCUT2D eigenvalue weighted by Crippen LogP contribution is 2.40. The van der Waals surface area contributed by atoms with Gasteiger partial charge in [0.2, 0.25) is 0 Å². The first-order valence-electron chi connectivity index (χ1n) is 7.71. The van der Waals surface area contributed by atoms with E-state index in [9.17, 15) is 18.0 Å². The molecule has 142 valence electrons. The molecular formula is C18H13ClF3NO3S. The number of hydrogen-bond acceptors (Lipinski definition) is 5. The predicted octanol–water partition coefficient (Wildman–Crippen LogP) is 5.78. The summed E-state index contributed by atoms with van der Waals surface area (Å²) in [5.41, 5.74) is -0.166. The monoisotopic (exact) mass is 415 g/mol. The predicted molar refractivity (Wildman–Crippen MR) is 96.5 cm³/mol. The fraction of sp³-hybridized carbons (Fsp3) is 0.222. The molecule has 0 saturated heterocycles. The van der Waals surface area contributed by atoms with Crippen LogP contribution in [-0.4, -0.2) is 11.0 Å². The molecule has 1 aromatic carbocycles. The van der Waals surface area contributed by atoms with Crippen molar-refractivity contribution in [1.82, 2.24) is 4.98 Å². The van der Waals surface area contributed by atoms with Gasteiger partial charge in [-0.05, 0) is 25.1 Å². The number of benzene rings is 1. The quantitative estimate of drug-likeness (QED) is 0.507. The fourth-order valence-electron chi connectivity index (χ4n) is 2.44. The Labute approximate surface area is 161 Å². The summed E-state index contributed by atoms with van der Waals surface area (Å²) >= 11 is 7.61. The van der Waals surface area contributed by atoms with Gasteiger partial charge in [-0.15, -0.1) is 11.3 Å². The molecule has 0 saturated carbocycles. The first kappa shape index (κ1) is 19.4. The topological polar surface area (TPSA) is 48.4 Å². The van der Waals surface area contributed by atoms with E-state index < -0.39 is 17.8 Å². The molecule has 0 aliphatic heterocycles. The first-order valence-corrected chi connectivity index (χ1v) is 8.96. The molecule has 0 bridgehead atoms. The number of thiophene rings is 1. The van der Waals surface area contributed by atoms with Gasteiger partial charge in [-0.3, -0.25) is 4.79 Å². The maximum atomic E-state index is 12.7. The van der Waals surface area contributed by atoms with Gasteiger partial charge in [0.15, 0.2) is 5.75 Å². The second-order valence-electron chi connectivity index (χ2n) is 5.70. The molecule has 0 fully saturated rings. The van der Waals surface area contributed by atoms with Gasteiger partial charge in [0.25, 0.3) is 0 Å². The summed E-state index contributed by atoms with van der Waals surface area (Å²) in [5.74, 6) is 0.376. The first-order chi connectivity index (χ1) is 12.6. The Morgan fingerprint density at radius 1 is 1.30 bits per heavy atom. The highest BCUT2D eigenvalue weighted by atomic mass is 35.5. The number of aryl methyl sites for hydroxylation is 1. The number of rotatable bonds is 4. The Morgan fingerprint density at radius 3 is 2.67 bits per heavy atom. The van der Waals surface area contributed by atoms with E-state index in [0.29, 0.717) is 27.5 Å². The van der Waals surface area contributed by atoms with E-state index in [4.69, 9.17) is 21.1 Å².